The van der Waals surface area contributed by atoms with Crippen LogP contribution >= 0.6 is 0 Å². The number of anilines is 2. The second kappa shape index (κ2) is 6.75. The lowest BCUT2D eigenvalue weighted by atomic mass is 9.86. The fourth-order valence-electron chi connectivity index (χ4n) is 3.29. The third-order valence-electron chi connectivity index (χ3n) is 4.68. The second-order valence-corrected chi connectivity index (χ2v) is 6.38. The average molecular weight is 323 g/mol. The maximum Gasteiger partial charge on any atom is 0.254 e. The van der Waals surface area contributed by atoms with Gasteiger partial charge in [-0.05, 0) is 43.0 Å². The highest BCUT2D eigenvalue weighted by Gasteiger charge is 2.26. The summed E-state index contributed by atoms with van der Waals surface area (Å²) >= 11 is 0. The fourth-order valence-corrected chi connectivity index (χ4v) is 3.29. The van der Waals surface area contributed by atoms with Gasteiger partial charge in [-0.3, -0.25) is 9.48 Å². The monoisotopic (exact) mass is 323 g/mol. The second-order valence-electron chi connectivity index (χ2n) is 6.38. The van der Waals surface area contributed by atoms with Gasteiger partial charge >= 0.3 is 0 Å². The van der Waals surface area contributed by atoms with Crippen molar-refractivity contribution in [2.75, 3.05) is 5.32 Å². The van der Waals surface area contributed by atoms with Gasteiger partial charge in [0, 0.05) is 11.9 Å². The quantitative estimate of drug-likeness (QED) is 0.901. The molecule has 1 heterocycles. The third-order valence-corrected chi connectivity index (χ3v) is 4.68. The van der Waals surface area contributed by atoms with E-state index in [2.05, 4.69) is 23.4 Å². The van der Waals surface area contributed by atoms with E-state index < -0.39 is 5.91 Å². The number of amides is 1. The number of benzene rings is 1. The molecule has 6 heteroatoms. The molecule has 2 atom stereocenters. The van der Waals surface area contributed by atoms with Gasteiger partial charge in [0.2, 0.25) is 0 Å². The normalized spacial score (nSPS) is 20.3. The van der Waals surface area contributed by atoms with Gasteiger partial charge in [-0.2, -0.15) is 10.4 Å². The average Bonchev–Trinajstić information content (AvgIpc) is 3.00. The van der Waals surface area contributed by atoms with Crippen LogP contribution in [0.1, 0.15) is 54.6 Å². The molecule has 0 bridgehead atoms. The zero-order valence-corrected chi connectivity index (χ0v) is 13.7. The molecule has 1 amide bonds. The highest BCUT2D eigenvalue weighted by atomic mass is 16.1. The first-order chi connectivity index (χ1) is 11.6. The summed E-state index contributed by atoms with van der Waals surface area (Å²) in [6.45, 7) is 2.23. The predicted molar refractivity (Wildman–Crippen MR) is 91.9 cm³/mol. The summed E-state index contributed by atoms with van der Waals surface area (Å²) in [6, 6.07) is 9.37. The third kappa shape index (κ3) is 3.25. The predicted octanol–water partition coefficient (Wildman–Crippen LogP) is 3.35. The van der Waals surface area contributed by atoms with Crippen LogP contribution in [0.3, 0.4) is 0 Å². The summed E-state index contributed by atoms with van der Waals surface area (Å²) in [5.74, 6) is 0.493. The van der Waals surface area contributed by atoms with Crippen LogP contribution < -0.4 is 11.1 Å². The summed E-state index contributed by atoms with van der Waals surface area (Å²) in [5.41, 5.74) is 7.25. The minimum atomic E-state index is -0.499. The molecule has 24 heavy (non-hydrogen) atoms. The number of nitriles is 1. The van der Waals surface area contributed by atoms with Crippen molar-refractivity contribution >= 4 is 17.4 Å². The van der Waals surface area contributed by atoms with E-state index in [0.717, 1.165) is 12.1 Å². The van der Waals surface area contributed by atoms with Gasteiger partial charge in [-0.25, -0.2) is 0 Å². The number of primary amides is 1. The molecule has 1 aromatic carbocycles. The Labute approximate surface area is 141 Å². The number of hydrogen-bond acceptors (Lipinski definition) is 4. The molecule has 0 spiro atoms. The lowest BCUT2D eigenvalue weighted by Gasteiger charge is -2.28. The Morgan fingerprint density at radius 2 is 2.04 bits per heavy atom. The van der Waals surface area contributed by atoms with Gasteiger partial charge in [-0.1, -0.05) is 19.8 Å². The van der Waals surface area contributed by atoms with Crippen molar-refractivity contribution in [2.24, 2.45) is 11.7 Å². The van der Waals surface area contributed by atoms with Gasteiger partial charge in [0.15, 0.2) is 5.82 Å². The lowest BCUT2D eigenvalue weighted by molar-refractivity contribution is 0.100. The van der Waals surface area contributed by atoms with Crippen LogP contribution in [0.2, 0.25) is 0 Å². The van der Waals surface area contributed by atoms with E-state index in [1.165, 1.54) is 19.3 Å². The number of rotatable bonds is 4. The summed E-state index contributed by atoms with van der Waals surface area (Å²) < 4.78 is 1.88. The first-order valence-electron chi connectivity index (χ1n) is 8.24. The van der Waals surface area contributed by atoms with Crippen molar-refractivity contribution in [3.63, 3.8) is 0 Å². The van der Waals surface area contributed by atoms with Crippen molar-refractivity contribution < 1.29 is 4.79 Å². The highest BCUT2D eigenvalue weighted by molar-refractivity contribution is 5.98. The molecule has 0 saturated heterocycles. The van der Waals surface area contributed by atoms with E-state index in [-0.39, 0.29) is 0 Å². The molecule has 1 aliphatic rings. The minimum Gasteiger partial charge on any atom is -0.365 e. The molecule has 0 aliphatic heterocycles. The largest absolute Gasteiger partial charge is 0.365 e. The van der Waals surface area contributed by atoms with Gasteiger partial charge in [0.25, 0.3) is 5.91 Å². The Kier molecular flexibility index (Phi) is 4.52. The van der Waals surface area contributed by atoms with Gasteiger partial charge < -0.3 is 11.1 Å². The molecule has 1 aliphatic carbocycles. The molecule has 124 valence electrons. The van der Waals surface area contributed by atoms with Crippen molar-refractivity contribution in [3.05, 3.63) is 41.6 Å². The molecular formula is C18H21N5O. The molecule has 0 unspecified atom stereocenters. The maximum absolute atomic E-state index is 11.8. The fraction of sp³-hybridized carbons (Fsp3) is 0.389. The maximum atomic E-state index is 11.8. The molecule has 3 rings (SSSR count). The first-order valence-corrected chi connectivity index (χ1v) is 8.24. The molecule has 1 fully saturated rings. The van der Waals surface area contributed by atoms with Crippen LogP contribution in [-0.2, 0) is 0 Å². The Hall–Kier alpha value is -2.81. The SMILES string of the molecule is C[C@H]1CCCC[C@@H]1n1cc(C(N)=O)c(Nc2ccc(C#N)cc2)n1. The van der Waals surface area contributed by atoms with Crippen molar-refractivity contribution in [1.29, 1.82) is 5.26 Å². The number of nitrogens with one attached hydrogen (secondary N) is 1. The van der Waals surface area contributed by atoms with E-state index in [0.29, 0.717) is 28.9 Å². The topological polar surface area (TPSA) is 96.7 Å². The van der Waals surface area contributed by atoms with Gasteiger partial charge in [-0.15, -0.1) is 0 Å². The van der Waals surface area contributed by atoms with Crippen LogP contribution in [0.15, 0.2) is 30.5 Å². The molecule has 3 N–H and O–H groups in total. The van der Waals surface area contributed by atoms with E-state index in [4.69, 9.17) is 11.0 Å². The molecule has 2 aromatic rings. The standard InChI is InChI=1S/C18H21N5O/c1-12-4-2-3-5-16(12)23-11-15(17(20)24)18(22-23)21-14-8-6-13(10-19)7-9-14/h6-9,11-12,16H,2-5H2,1H3,(H2,20,24)(H,21,22)/t12-,16-/m0/s1. The molecule has 1 saturated carbocycles. The van der Waals surface area contributed by atoms with Crippen LogP contribution in [0.5, 0.6) is 0 Å². The van der Waals surface area contributed by atoms with Crippen LogP contribution in [0.4, 0.5) is 11.5 Å². The summed E-state index contributed by atoms with van der Waals surface area (Å²) in [6.07, 6.45) is 6.42. The van der Waals surface area contributed by atoms with Crippen molar-refractivity contribution in [3.8, 4) is 6.07 Å². The Balaban J connectivity index is 1.88. The minimum absolute atomic E-state index is 0.299. The lowest BCUT2D eigenvalue weighted by Crippen LogP contribution is -2.21. The Morgan fingerprint density at radius 3 is 2.67 bits per heavy atom. The first kappa shape index (κ1) is 16.1. The highest BCUT2D eigenvalue weighted by Crippen LogP contribution is 2.34. The molecular weight excluding hydrogens is 302 g/mol. The molecule has 0 radical (unpaired) electrons. The smallest absolute Gasteiger partial charge is 0.254 e. The van der Waals surface area contributed by atoms with Gasteiger partial charge in [0.05, 0.1) is 17.7 Å². The number of aromatic nitrogens is 2. The summed E-state index contributed by atoms with van der Waals surface area (Å²) in [7, 11) is 0. The number of nitrogens with two attached hydrogens (primary N) is 1. The van der Waals surface area contributed by atoms with Crippen LogP contribution in [0.25, 0.3) is 0 Å². The summed E-state index contributed by atoms with van der Waals surface area (Å²) in [5, 5.41) is 16.6. The van der Waals surface area contributed by atoms with E-state index in [1.54, 1.807) is 30.5 Å². The number of nitrogens with zero attached hydrogens (tertiary/aromatic N) is 3. The van der Waals surface area contributed by atoms with Crippen LogP contribution in [-0.4, -0.2) is 15.7 Å². The number of carbonyl (C=O) groups is 1. The van der Waals surface area contributed by atoms with Crippen LogP contribution in [0, 0.1) is 17.2 Å². The molecule has 1 aromatic heterocycles. The van der Waals surface area contributed by atoms with Crippen molar-refractivity contribution in [2.45, 2.75) is 38.6 Å². The van der Waals surface area contributed by atoms with Crippen molar-refractivity contribution in [1.82, 2.24) is 9.78 Å². The molecule has 6 nitrogen and oxygen atoms in total. The Bertz CT molecular complexity index is 772. The van der Waals surface area contributed by atoms with E-state index >= 15 is 0 Å². The van der Waals surface area contributed by atoms with Gasteiger partial charge in [0.1, 0.15) is 5.56 Å². The van der Waals surface area contributed by atoms with E-state index in [1.807, 2.05) is 4.68 Å². The number of carbonyl (C=O) groups excluding carboxylic acids is 1. The zero-order valence-electron chi connectivity index (χ0n) is 13.7. The zero-order chi connectivity index (χ0) is 17.1. The summed E-state index contributed by atoms with van der Waals surface area (Å²) in [4.78, 5) is 11.8. The van der Waals surface area contributed by atoms with E-state index in [9.17, 15) is 4.79 Å². The number of hydrogen-bond donors (Lipinski definition) is 2. The Morgan fingerprint density at radius 1 is 1.33 bits per heavy atom.